The highest BCUT2D eigenvalue weighted by molar-refractivity contribution is 7.92. The third kappa shape index (κ3) is 4.36. The first-order valence-electron chi connectivity index (χ1n) is 9.85. The molecule has 0 fully saturated rings. The highest BCUT2D eigenvalue weighted by Gasteiger charge is 2.25. The highest BCUT2D eigenvalue weighted by Crippen LogP contribution is 2.31. The number of nitrogens with one attached hydrogen (secondary N) is 2. The Labute approximate surface area is 189 Å². The monoisotopic (exact) mass is 467 g/mol. The van der Waals surface area contributed by atoms with Crippen LogP contribution in [0, 0.1) is 6.92 Å². The summed E-state index contributed by atoms with van der Waals surface area (Å²) in [5.41, 5.74) is 3.19. The first kappa shape index (κ1) is 22.2. The maximum Gasteiger partial charge on any atom is 0.278 e. The molecule has 170 valence electrons. The lowest BCUT2D eigenvalue weighted by Crippen LogP contribution is -2.23. The third-order valence-corrected chi connectivity index (χ3v) is 6.43. The Hall–Kier alpha value is -3.96. The fraction of sp³-hybridized carbons (Fsp3) is 0.136. The predicted molar refractivity (Wildman–Crippen MR) is 121 cm³/mol. The largest absolute Gasteiger partial charge is 0.497 e. The molecule has 11 heteroatoms. The van der Waals surface area contributed by atoms with Crippen LogP contribution < -0.4 is 14.9 Å². The van der Waals surface area contributed by atoms with Crippen LogP contribution in [0.15, 0.2) is 65.7 Å². The number of hydroxylamine groups is 1. The van der Waals surface area contributed by atoms with Crippen molar-refractivity contribution >= 4 is 32.7 Å². The Morgan fingerprint density at radius 3 is 2.45 bits per heavy atom. The molecule has 0 radical (unpaired) electrons. The van der Waals surface area contributed by atoms with E-state index in [-0.39, 0.29) is 16.1 Å². The van der Waals surface area contributed by atoms with Crippen molar-refractivity contribution in [1.82, 2.24) is 20.2 Å². The van der Waals surface area contributed by atoms with E-state index in [0.29, 0.717) is 29.0 Å². The van der Waals surface area contributed by atoms with E-state index < -0.39 is 15.9 Å². The van der Waals surface area contributed by atoms with Crippen LogP contribution in [-0.2, 0) is 16.6 Å². The zero-order chi connectivity index (χ0) is 23.6. The molecule has 0 atom stereocenters. The van der Waals surface area contributed by atoms with Crippen LogP contribution in [0.5, 0.6) is 5.75 Å². The predicted octanol–water partition coefficient (Wildman–Crippen LogP) is 2.72. The average molecular weight is 468 g/mol. The number of fused-ring (bicyclic) bond motifs is 1. The number of hydrogen-bond acceptors (Lipinski definition) is 7. The van der Waals surface area contributed by atoms with Gasteiger partial charge in [-0.1, -0.05) is 30.3 Å². The van der Waals surface area contributed by atoms with E-state index in [0.717, 1.165) is 5.56 Å². The molecule has 3 N–H and O–H groups in total. The van der Waals surface area contributed by atoms with Gasteiger partial charge in [-0.2, -0.15) is 5.10 Å². The molecular weight excluding hydrogens is 446 g/mol. The number of pyridine rings is 1. The molecule has 2 aromatic carbocycles. The summed E-state index contributed by atoms with van der Waals surface area (Å²) < 4.78 is 35.4. The Bertz CT molecular complexity index is 1420. The third-order valence-electron chi connectivity index (χ3n) is 5.06. The highest BCUT2D eigenvalue weighted by atomic mass is 32.2. The van der Waals surface area contributed by atoms with Gasteiger partial charge in [0.25, 0.3) is 15.9 Å². The van der Waals surface area contributed by atoms with Crippen LogP contribution in [0.2, 0.25) is 0 Å². The average Bonchev–Trinajstić information content (AvgIpc) is 3.14. The number of amides is 1. The lowest BCUT2D eigenvalue weighted by Gasteiger charge is -2.13. The molecule has 2 aromatic heterocycles. The molecule has 0 spiro atoms. The maximum atomic E-state index is 13.1. The maximum absolute atomic E-state index is 13.1. The fourth-order valence-electron chi connectivity index (χ4n) is 3.47. The van der Waals surface area contributed by atoms with E-state index >= 15 is 0 Å². The van der Waals surface area contributed by atoms with Crippen molar-refractivity contribution in [3.63, 3.8) is 0 Å². The topological polar surface area (TPSA) is 135 Å². The number of ether oxygens (including phenoxy) is 1. The zero-order valence-corrected chi connectivity index (χ0v) is 18.6. The van der Waals surface area contributed by atoms with E-state index in [9.17, 15) is 18.4 Å². The summed E-state index contributed by atoms with van der Waals surface area (Å²) in [6.45, 7) is 2.09. The lowest BCUT2D eigenvalue weighted by atomic mass is 10.1. The van der Waals surface area contributed by atoms with Crippen molar-refractivity contribution in [2.75, 3.05) is 11.8 Å². The van der Waals surface area contributed by atoms with Crippen molar-refractivity contribution in [3.8, 4) is 5.75 Å². The second-order valence-corrected chi connectivity index (χ2v) is 8.88. The van der Waals surface area contributed by atoms with Crippen LogP contribution in [0.25, 0.3) is 11.0 Å². The van der Waals surface area contributed by atoms with Crippen LogP contribution >= 0.6 is 0 Å². The fourth-order valence-corrected chi connectivity index (χ4v) is 4.56. The molecule has 0 bridgehead atoms. The van der Waals surface area contributed by atoms with Crippen molar-refractivity contribution in [2.24, 2.45) is 0 Å². The van der Waals surface area contributed by atoms with Crippen molar-refractivity contribution in [2.45, 2.75) is 18.4 Å². The molecular formula is C22H21N5O5S. The summed E-state index contributed by atoms with van der Waals surface area (Å²) >= 11 is 0. The van der Waals surface area contributed by atoms with Gasteiger partial charge in [0.15, 0.2) is 5.65 Å². The molecule has 0 aliphatic carbocycles. The number of carbonyl (C=O) groups is 1. The van der Waals surface area contributed by atoms with E-state index in [1.54, 1.807) is 11.6 Å². The number of aromatic nitrogens is 3. The van der Waals surface area contributed by atoms with Crippen molar-refractivity contribution in [3.05, 3.63) is 77.6 Å². The molecule has 0 saturated heterocycles. The molecule has 1 amide bonds. The van der Waals surface area contributed by atoms with Crippen LogP contribution in [0.3, 0.4) is 0 Å². The normalized spacial score (nSPS) is 11.4. The molecule has 0 saturated carbocycles. The van der Waals surface area contributed by atoms with Gasteiger partial charge in [-0.25, -0.2) is 23.6 Å². The summed E-state index contributed by atoms with van der Waals surface area (Å²) in [6.07, 6.45) is 1.20. The standard InChI is InChI=1S/C22H21N5O5S/c1-14-19-20(26-33(30,31)17-10-8-16(32-2)9-11-17)18(22(28)25-29)12-23-21(19)27(24-14)13-15-6-4-3-5-7-15/h3-12,29H,13H2,1-2H3,(H,23,26)(H,25,28). The van der Waals surface area contributed by atoms with Gasteiger partial charge in [0, 0.05) is 6.20 Å². The molecule has 10 nitrogen and oxygen atoms in total. The Morgan fingerprint density at radius 2 is 1.82 bits per heavy atom. The SMILES string of the molecule is COc1ccc(S(=O)(=O)Nc2c(C(=O)NO)cnc3c2c(C)nn3Cc2ccccc2)cc1. The zero-order valence-electron chi connectivity index (χ0n) is 17.8. The number of carbonyl (C=O) groups excluding carboxylic acids is 1. The van der Waals surface area contributed by atoms with Gasteiger partial charge in [-0.15, -0.1) is 0 Å². The molecule has 0 aliphatic rings. The van der Waals surface area contributed by atoms with E-state index in [1.807, 2.05) is 30.3 Å². The first-order chi connectivity index (χ1) is 15.8. The Balaban J connectivity index is 1.84. The molecule has 4 aromatic rings. The number of aryl methyl sites for hydroxylation is 1. The minimum Gasteiger partial charge on any atom is -0.497 e. The number of hydrogen-bond donors (Lipinski definition) is 3. The Kier molecular flexibility index (Phi) is 5.99. The summed E-state index contributed by atoms with van der Waals surface area (Å²) in [5, 5.41) is 14.0. The smallest absolute Gasteiger partial charge is 0.278 e. The van der Waals surface area contributed by atoms with Crippen LogP contribution in [0.4, 0.5) is 5.69 Å². The van der Waals surface area contributed by atoms with Crippen LogP contribution in [0.1, 0.15) is 21.6 Å². The summed E-state index contributed by atoms with van der Waals surface area (Å²) in [4.78, 5) is 16.6. The quantitative estimate of drug-likeness (QED) is 0.281. The van der Waals surface area contributed by atoms with Gasteiger partial charge < -0.3 is 4.74 Å². The number of methoxy groups -OCH3 is 1. The molecule has 4 rings (SSSR count). The molecule has 2 heterocycles. The van der Waals surface area contributed by atoms with Gasteiger partial charge in [-0.05, 0) is 36.8 Å². The van der Waals surface area contributed by atoms with Crippen molar-refractivity contribution < 1.29 is 23.2 Å². The van der Waals surface area contributed by atoms with Gasteiger partial charge in [0.05, 0.1) is 40.9 Å². The lowest BCUT2D eigenvalue weighted by molar-refractivity contribution is 0.0707. The van der Waals surface area contributed by atoms with E-state index in [1.165, 1.54) is 43.1 Å². The summed E-state index contributed by atoms with van der Waals surface area (Å²) in [5.74, 6) is -0.411. The van der Waals surface area contributed by atoms with Gasteiger partial charge in [-0.3, -0.25) is 14.7 Å². The van der Waals surface area contributed by atoms with Crippen LogP contribution in [-0.4, -0.2) is 41.4 Å². The van der Waals surface area contributed by atoms with Gasteiger partial charge in [0.2, 0.25) is 0 Å². The number of nitrogens with zero attached hydrogens (tertiary/aromatic N) is 3. The molecule has 0 aliphatic heterocycles. The molecule has 0 unspecified atom stereocenters. The number of sulfonamides is 1. The number of rotatable bonds is 7. The number of anilines is 1. The van der Waals surface area contributed by atoms with Crippen molar-refractivity contribution in [1.29, 1.82) is 0 Å². The van der Waals surface area contributed by atoms with E-state index in [4.69, 9.17) is 4.74 Å². The Morgan fingerprint density at radius 1 is 1.12 bits per heavy atom. The van der Waals surface area contributed by atoms with Gasteiger partial charge in [0.1, 0.15) is 5.75 Å². The summed E-state index contributed by atoms with van der Waals surface area (Å²) in [7, 11) is -2.62. The summed E-state index contributed by atoms with van der Waals surface area (Å²) in [6, 6.07) is 15.4. The molecule has 33 heavy (non-hydrogen) atoms. The van der Waals surface area contributed by atoms with Gasteiger partial charge >= 0.3 is 0 Å². The second kappa shape index (κ2) is 8.88. The second-order valence-electron chi connectivity index (χ2n) is 7.20. The van der Waals surface area contributed by atoms with E-state index in [2.05, 4.69) is 14.8 Å². The number of benzene rings is 2. The minimum absolute atomic E-state index is 0.0285. The minimum atomic E-state index is -4.09. The first-order valence-corrected chi connectivity index (χ1v) is 11.3.